The highest BCUT2D eigenvalue weighted by molar-refractivity contribution is 9.10. The topological polar surface area (TPSA) is 76.2 Å². The lowest BCUT2D eigenvalue weighted by Crippen LogP contribution is -1.96. The van der Waals surface area contributed by atoms with Gasteiger partial charge in [-0.2, -0.15) is 0 Å². The first-order valence-corrected chi connectivity index (χ1v) is 8.98. The van der Waals surface area contributed by atoms with E-state index in [1.54, 1.807) is 42.5 Å². The number of hydrogen-bond acceptors (Lipinski definition) is 5. The molecule has 0 saturated heterocycles. The minimum absolute atomic E-state index is 0.0774. The molecule has 0 aliphatic rings. The van der Waals surface area contributed by atoms with Crippen LogP contribution in [0.25, 0.3) is 17.5 Å². The molecule has 0 fully saturated rings. The first kappa shape index (κ1) is 17.7. The van der Waals surface area contributed by atoms with Crippen molar-refractivity contribution in [1.82, 2.24) is 10.2 Å². The second-order valence-electron chi connectivity index (χ2n) is 4.85. The molecule has 25 heavy (non-hydrogen) atoms. The quantitative estimate of drug-likeness (QED) is 0.427. The zero-order valence-corrected chi connectivity index (χ0v) is 15.7. The van der Waals surface area contributed by atoms with Gasteiger partial charge in [-0.1, -0.05) is 39.7 Å². The molecule has 2 aromatic carbocycles. The van der Waals surface area contributed by atoms with E-state index in [9.17, 15) is 9.90 Å². The van der Waals surface area contributed by atoms with Gasteiger partial charge in [-0.3, -0.25) is 0 Å². The van der Waals surface area contributed by atoms with Crippen LogP contribution in [0, 0.1) is 0 Å². The van der Waals surface area contributed by atoms with Crippen LogP contribution in [0.2, 0.25) is 5.02 Å². The second-order valence-corrected chi connectivity index (χ2v) is 7.19. The number of rotatable bonds is 5. The van der Waals surface area contributed by atoms with Gasteiger partial charge in [0.15, 0.2) is 0 Å². The predicted octanol–water partition coefficient (Wildman–Crippen LogP) is 5.37. The number of halogens is 2. The maximum atomic E-state index is 11.5. The number of nitrogens with zero attached hydrogens (tertiary/aromatic N) is 2. The third-order valence-corrected chi connectivity index (χ3v) is 4.71. The van der Waals surface area contributed by atoms with Crippen LogP contribution in [0.5, 0.6) is 0 Å². The molecule has 0 unspecified atom stereocenters. The molecule has 1 aromatic heterocycles. The molecule has 3 rings (SSSR count). The monoisotopic (exact) mass is 436 g/mol. The predicted molar refractivity (Wildman–Crippen MR) is 100 cm³/mol. The Balaban J connectivity index is 1.82. The van der Waals surface area contributed by atoms with Crippen LogP contribution in [-0.4, -0.2) is 21.3 Å². The van der Waals surface area contributed by atoms with Gasteiger partial charge >= 0.3 is 5.97 Å². The van der Waals surface area contributed by atoms with E-state index in [1.807, 2.05) is 12.1 Å². The van der Waals surface area contributed by atoms with Gasteiger partial charge in [0.25, 0.3) is 5.22 Å². The molecular formula is C17H10BrClN2O3S. The van der Waals surface area contributed by atoms with Crippen LogP contribution >= 0.6 is 39.3 Å². The summed E-state index contributed by atoms with van der Waals surface area (Å²) in [6.07, 6.45) is 1.55. The summed E-state index contributed by atoms with van der Waals surface area (Å²) < 4.78 is 6.45. The molecule has 1 heterocycles. The van der Waals surface area contributed by atoms with Crippen molar-refractivity contribution in [2.45, 2.75) is 5.22 Å². The Bertz CT molecular complexity index is 924. The molecule has 0 radical (unpaired) electrons. The lowest BCUT2D eigenvalue weighted by Gasteiger charge is -1.99. The number of thioether (sulfide) groups is 1. The van der Waals surface area contributed by atoms with Crippen LogP contribution in [0.1, 0.15) is 5.56 Å². The maximum absolute atomic E-state index is 11.5. The molecule has 0 bridgehead atoms. The lowest BCUT2D eigenvalue weighted by molar-refractivity contribution is -0.131. The fraction of sp³-hybridized carbons (Fsp3) is 0. The Morgan fingerprint density at radius 2 is 1.80 bits per heavy atom. The van der Waals surface area contributed by atoms with E-state index in [2.05, 4.69) is 26.1 Å². The molecule has 0 atom stereocenters. The molecule has 3 aromatic rings. The average molecular weight is 438 g/mol. The van der Waals surface area contributed by atoms with Gasteiger partial charge in [-0.15, -0.1) is 10.2 Å². The minimum Gasteiger partial charge on any atom is -0.477 e. The van der Waals surface area contributed by atoms with E-state index >= 15 is 0 Å². The summed E-state index contributed by atoms with van der Waals surface area (Å²) in [5.41, 5.74) is 1.46. The van der Waals surface area contributed by atoms with E-state index < -0.39 is 5.97 Å². The fourth-order valence-electron chi connectivity index (χ4n) is 1.90. The number of aliphatic carboxylic acids is 1. The first-order chi connectivity index (χ1) is 12.0. The third-order valence-electron chi connectivity index (χ3n) is 3.07. The molecule has 5 nitrogen and oxygen atoms in total. The fourth-order valence-corrected chi connectivity index (χ4v) is 2.96. The number of aromatic nitrogens is 2. The van der Waals surface area contributed by atoms with Crippen LogP contribution in [0.15, 0.2) is 67.5 Å². The van der Waals surface area contributed by atoms with Gasteiger partial charge in [-0.05, 0) is 59.8 Å². The van der Waals surface area contributed by atoms with Crippen molar-refractivity contribution in [2.24, 2.45) is 0 Å². The molecule has 0 amide bonds. The molecule has 0 aliphatic heterocycles. The summed E-state index contributed by atoms with van der Waals surface area (Å²) in [5, 5.41) is 18.0. The second kappa shape index (κ2) is 7.86. The van der Waals surface area contributed by atoms with Crippen molar-refractivity contribution in [2.75, 3.05) is 0 Å². The molecule has 126 valence electrons. The van der Waals surface area contributed by atoms with Crippen molar-refractivity contribution < 1.29 is 14.3 Å². The van der Waals surface area contributed by atoms with Crippen molar-refractivity contribution in [3.8, 4) is 11.5 Å². The zero-order chi connectivity index (χ0) is 17.8. The standard InChI is InChI=1S/C17H10BrClN2O3S/c18-12-5-1-10(2-6-12)9-14(16(22)23)25-17-21-20-15(24-17)11-3-7-13(19)8-4-11/h1-9H,(H,22,23)/b14-9-. The van der Waals surface area contributed by atoms with Crippen LogP contribution in [0.3, 0.4) is 0 Å². The van der Waals surface area contributed by atoms with Crippen molar-refractivity contribution in [3.63, 3.8) is 0 Å². The number of hydrogen-bond donors (Lipinski definition) is 1. The number of carboxylic acid groups (broad SMARTS) is 1. The first-order valence-electron chi connectivity index (χ1n) is 6.99. The SMILES string of the molecule is O=C(O)/C(=C/c1ccc(Br)cc1)Sc1nnc(-c2ccc(Cl)cc2)o1. The van der Waals surface area contributed by atoms with Crippen LogP contribution in [-0.2, 0) is 4.79 Å². The van der Waals surface area contributed by atoms with Gasteiger partial charge in [0.1, 0.15) is 4.91 Å². The summed E-state index contributed by atoms with van der Waals surface area (Å²) in [5.74, 6) is -0.772. The zero-order valence-electron chi connectivity index (χ0n) is 12.5. The Hall–Kier alpha value is -2.09. The third kappa shape index (κ3) is 4.72. The van der Waals surface area contributed by atoms with E-state index in [0.717, 1.165) is 21.8 Å². The van der Waals surface area contributed by atoms with Crippen LogP contribution in [0.4, 0.5) is 0 Å². The van der Waals surface area contributed by atoms with E-state index in [4.69, 9.17) is 16.0 Å². The van der Waals surface area contributed by atoms with Gasteiger partial charge < -0.3 is 9.52 Å². The normalized spacial score (nSPS) is 11.5. The average Bonchev–Trinajstić information content (AvgIpc) is 3.05. The highest BCUT2D eigenvalue weighted by atomic mass is 79.9. The van der Waals surface area contributed by atoms with Gasteiger partial charge in [0.2, 0.25) is 5.89 Å². The van der Waals surface area contributed by atoms with Crippen molar-refractivity contribution >= 4 is 51.3 Å². The summed E-state index contributed by atoms with van der Waals surface area (Å²) in [4.78, 5) is 11.6. The van der Waals surface area contributed by atoms with Crippen molar-refractivity contribution in [1.29, 1.82) is 0 Å². The Kier molecular flexibility index (Phi) is 5.57. The lowest BCUT2D eigenvalue weighted by atomic mass is 10.2. The summed E-state index contributed by atoms with van der Waals surface area (Å²) in [6.45, 7) is 0. The molecular weight excluding hydrogens is 428 g/mol. The number of carboxylic acids is 1. The molecule has 0 saturated carbocycles. The van der Waals surface area contributed by atoms with E-state index in [0.29, 0.717) is 16.5 Å². The van der Waals surface area contributed by atoms with E-state index in [-0.39, 0.29) is 10.1 Å². The molecule has 1 N–H and O–H groups in total. The highest BCUT2D eigenvalue weighted by Crippen LogP contribution is 2.30. The summed E-state index contributed by atoms with van der Waals surface area (Å²) in [6, 6.07) is 14.2. The molecule has 0 aliphatic carbocycles. The summed E-state index contributed by atoms with van der Waals surface area (Å²) in [7, 11) is 0. The highest BCUT2D eigenvalue weighted by Gasteiger charge is 2.16. The summed E-state index contributed by atoms with van der Waals surface area (Å²) >= 11 is 10.1. The largest absolute Gasteiger partial charge is 0.477 e. The van der Waals surface area contributed by atoms with E-state index in [1.165, 1.54) is 0 Å². The van der Waals surface area contributed by atoms with Gasteiger partial charge in [-0.25, -0.2) is 4.79 Å². The van der Waals surface area contributed by atoms with Crippen LogP contribution < -0.4 is 0 Å². The Morgan fingerprint density at radius 3 is 2.44 bits per heavy atom. The van der Waals surface area contributed by atoms with Gasteiger partial charge in [0.05, 0.1) is 0 Å². The Morgan fingerprint density at radius 1 is 1.12 bits per heavy atom. The molecule has 0 spiro atoms. The smallest absolute Gasteiger partial charge is 0.342 e. The number of benzene rings is 2. The minimum atomic E-state index is -1.07. The molecule has 8 heteroatoms. The van der Waals surface area contributed by atoms with Crippen molar-refractivity contribution in [3.05, 3.63) is 68.5 Å². The Labute approximate surface area is 160 Å². The maximum Gasteiger partial charge on any atom is 0.342 e. The van der Waals surface area contributed by atoms with Gasteiger partial charge in [0, 0.05) is 15.1 Å². The number of carbonyl (C=O) groups is 1.